The van der Waals surface area contributed by atoms with Crippen molar-refractivity contribution in [3.63, 3.8) is 0 Å². The number of fused-ring (bicyclic) bond motifs is 1. The van der Waals surface area contributed by atoms with Crippen LogP contribution in [-0.4, -0.2) is 29.2 Å². The molecular weight excluding hydrogens is 156 g/mol. The minimum absolute atomic E-state index is 0.0961. The predicted molar refractivity (Wildman–Crippen MR) is 43.3 cm³/mol. The zero-order valence-corrected chi connectivity index (χ0v) is 6.89. The molecule has 3 nitrogen and oxygen atoms in total. The van der Waals surface area contributed by atoms with Gasteiger partial charge in [-0.3, -0.25) is 0 Å². The monoisotopic (exact) mass is 170 g/mol. The highest BCUT2D eigenvalue weighted by molar-refractivity contribution is 4.98. The van der Waals surface area contributed by atoms with E-state index in [1.165, 1.54) is 0 Å². The third-order valence-electron chi connectivity index (χ3n) is 2.83. The molecule has 3 heteroatoms. The van der Waals surface area contributed by atoms with E-state index < -0.39 is 12.4 Å². The lowest BCUT2D eigenvalue weighted by Gasteiger charge is -2.39. The molecule has 0 aromatic carbocycles. The Hall–Kier alpha value is -0.380. The number of rotatable bonds is 0. The largest absolute Gasteiger partial charge is 0.390 e. The highest BCUT2D eigenvalue weighted by Crippen LogP contribution is 2.34. The summed E-state index contributed by atoms with van der Waals surface area (Å²) in [7, 11) is 0. The molecule has 0 spiro atoms. The van der Waals surface area contributed by atoms with Crippen molar-refractivity contribution < 1.29 is 14.9 Å². The summed E-state index contributed by atoms with van der Waals surface area (Å²) in [6.07, 6.45) is 4.73. The quantitative estimate of drug-likeness (QED) is 0.513. The van der Waals surface area contributed by atoms with Gasteiger partial charge >= 0.3 is 0 Å². The van der Waals surface area contributed by atoms with Crippen molar-refractivity contribution in [1.29, 1.82) is 0 Å². The summed E-state index contributed by atoms with van der Waals surface area (Å²) in [5, 5.41) is 19.0. The molecule has 1 aliphatic carbocycles. The summed E-state index contributed by atoms with van der Waals surface area (Å²) < 4.78 is 5.03. The molecule has 1 aliphatic heterocycles. The molecule has 2 N–H and O–H groups in total. The van der Waals surface area contributed by atoms with E-state index in [0.29, 0.717) is 0 Å². The number of ether oxygens (including phenoxy) is 1. The van der Waals surface area contributed by atoms with Crippen LogP contribution in [0.4, 0.5) is 0 Å². The number of hydrogen-bond donors (Lipinski definition) is 2. The highest BCUT2D eigenvalue weighted by Gasteiger charge is 2.38. The van der Waals surface area contributed by atoms with Crippen molar-refractivity contribution in [3.05, 3.63) is 12.2 Å². The Morgan fingerprint density at radius 1 is 1.08 bits per heavy atom. The Morgan fingerprint density at radius 3 is 2.42 bits per heavy atom. The third-order valence-corrected chi connectivity index (χ3v) is 2.83. The zero-order chi connectivity index (χ0) is 8.55. The number of allylic oxidation sites excluding steroid dienone is 2. The van der Waals surface area contributed by atoms with Gasteiger partial charge in [0.25, 0.3) is 0 Å². The van der Waals surface area contributed by atoms with E-state index in [2.05, 4.69) is 6.08 Å². The van der Waals surface area contributed by atoms with Gasteiger partial charge in [0.2, 0.25) is 0 Å². The average molecular weight is 170 g/mol. The van der Waals surface area contributed by atoms with Crippen molar-refractivity contribution in [2.24, 2.45) is 11.8 Å². The lowest BCUT2D eigenvalue weighted by molar-refractivity contribution is -0.212. The molecule has 1 unspecified atom stereocenters. The average Bonchev–Trinajstić information content (AvgIpc) is 2.12. The maximum absolute atomic E-state index is 9.55. The van der Waals surface area contributed by atoms with Gasteiger partial charge in [-0.05, 0) is 18.8 Å². The summed E-state index contributed by atoms with van der Waals surface area (Å²) in [6.45, 7) is 0.274. The second kappa shape index (κ2) is 3.17. The summed E-state index contributed by atoms with van der Waals surface area (Å²) in [4.78, 5) is 0. The minimum atomic E-state index is -0.677. The van der Waals surface area contributed by atoms with E-state index in [1.54, 1.807) is 0 Å². The maximum Gasteiger partial charge on any atom is 0.158 e. The van der Waals surface area contributed by atoms with E-state index >= 15 is 0 Å². The summed E-state index contributed by atoms with van der Waals surface area (Å²) in [5.41, 5.74) is 0. The third kappa shape index (κ3) is 1.28. The molecule has 0 bridgehead atoms. The van der Waals surface area contributed by atoms with Crippen molar-refractivity contribution in [2.45, 2.75) is 25.2 Å². The van der Waals surface area contributed by atoms with Crippen molar-refractivity contribution in [2.75, 3.05) is 6.61 Å². The molecule has 2 rings (SSSR count). The first-order valence-electron chi connectivity index (χ1n) is 4.42. The number of hydrogen-bond acceptors (Lipinski definition) is 3. The molecule has 0 radical (unpaired) electrons. The number of aliphatic hydroxyl groups is 2. The first-order chi connectivity index (χ1) is 5.79. The van der Waals surface area contributed by atoms with E-state index in [4.69, 9.17) is 4.74 Å². The Balaban J connectivity index is 2.12. The van der Waals surface area contributed by atoms with Gasteiger partial charge in [-0.25, -0.2) is 0 Å². The van der Waals surface area contributed by atoms with Gasteiger partial charge in [0.05, 0.1) is 12.7 Å². The van der Waals surface area contributed by atoms with Crippen LogP contribution in [0.25, 0.3) is 0 Å². The predicted octanol–water partition coefficient (Wildman–Crippen LogP) is 0.278. The van der Waals surface area contributed by atoms with Crippen molar-refractivity contribution in [3.8, 4) is 0 Å². The van der Waals surface area contributed by atoms with Crippen LogP contribution in [0.15, 0.2) is 12.2 Å². The maximum atomic E-state index is 9.55. The molecule has 0 aromatic rings. The fourth-order valence-electron chi connectivity index (χ4n) is 2.07. The first-order valence-corrected chi connectivity index (χ1v) is 4.42. The molecule has 0 saturated carbocycles. The molecular formula is C9H14O3. The SMILES string of the molecule is OC1OC[C@H](O)[C@H]2CC=CC[C@H]12. The summed E-state index contributed by atoms with van der Waals surface area (Å²) >= 11 is 0. The molecule has 0 aromatic heterocycles. The lowest BCUT2D eigenvalue weighted by Crippen LogP contribution is -2.45. The van der Waals surface area contributed by atoms with Gasteiger partial charge in [-0.1, -0.05) is 12.2 Å². The summed E-state index contributed by atoms with van der Waals surface area (Å²) in [5.74, 6) is 0.289. The summed E-state index contributed by atoms with van der Waals surface area (Å²) in [6, 6.07) is 0. The van der Waals surface area contributed by atoms with Crippen molar-refractivity contribution in [1.82, 2.24) is 0 Å². The Morgan fingerprint density at radius 2 is 1.75 bits per heavy atom. The van der Waals surface area contributed by atoms with Crippen LogP contribution in [-0.2, 0) is 4.74 Å². The van der Waals surface area contributed by atoms with Crippen LogP contribution in [0.1, 0.15) is 12.8 Å². The molecule has 4 atom stereocenters. The standard InChI is InChI=1S/C9H14O3/c10-8-5-12-9(11)7-4-2-1-3-6(7)8/h1-2,6-11H,3-5H2/t6-,7-,8-,9?/m0/s1. The molecule has 1 saturated heterocycles. The van der Waals surface area contributed by atoms with E-state index in [9.17, 15) is 10.2 Å². The van der Waals surface area contributed by atoms with Gasteiger partial charge in [0.1, 0.15) is 0 Å². The van der Waals surface area contributed by atoms with E-state index in [0.717, 1.165) is 12.8 Å². The van der Waals surface area contributed by atoms with Gasteiger partial charge in [0.15, 0.2) is 6.29 Å². The topological polar surface area (TPSA) is 49.7 Å². The molecule has 2 aliphatic rings. The van der Waals surface area contributed by atoms with Crippen LogP contribution >= 0.6 is 0 Å². The smallest absolute Gasteiger partial charge is 0.158 e. The van der Waals surface area contributed by atoms with Crippen molar-refractivity contribution >= 4 is 0 Å². The van der Waals surface area contributed by atoms with Crippen LogP contribution in [0.2, 0.25) is 0 Å². The van der Waals surface area contributed by atoms with Gasteiger partial charge in [-0.15, -0.1) is 0 Å². The zero-order valence-electron chi connectivity index (χ0n) is 6.89. The molecule has 68 valence electrons. The molecule has 0 amide bonds. The van der Waals surface area contributed by atoms with Crippen LogP contribution in [0.5, 0.6) is 0 Å². The first kappa shape index (κ1) is 8.23. The lowest BCUT2D eigenvalue weighted by atomic mass is 9.78. The van der Waals surface area contributed by atoms with E-state index in [1.807, 2.05) is 6.08 Å². The Labute approximate surface area is 71.7 Å². The van der Waals surface area contributed by atoms with Crippen LogP contribution < -0.4 is 0 Å². The van der Waals surface area contributed by atoms with Crippen LogP contribution in [0, 0.1) is 11.8 Å². The van der Waals surface area contributed by atoms with Gasteiger partial charge in [-0.2, -0.15) is 0 Å². The minimum Gasteiger partial charge on any atom is -0.390 e. The number of aliphatic hydroxyl groups excluding tert-OH is 2. The molecule has 1 heterocycles. The molecule has 12 heavy (non-hydrogen) atoms. The van der Waals surface area contributed by atoms with Crippen LogP contribution in [0.3, 0.4) is 0 Å². The van der Waals surface area contributed by atoms with Gasteiger partial charge in [0, 0.05) is 5.92 Å². The second-order valence-corrected chi connectivity index (χ2v) is 3.56. The highest BCUT2D eigenvalue weighted by atomic mass is 16.6. The second-order valence-electron chi connectivity index (χ2n) is 3.56. The van der Waals surface area contributed by atoms with Gasteiger partial charge < -0.3 is 14.9 Å². The Bertz CT molecular complexity index is 170. The Kier molecular flexibility index (Phi) is 2.17. The van der Waals surface area contributed by atoms with E-state index in [-0.39, 0.29) is 18.4 Å². The fraction of sp³-hybridized carbons (Fsp3) is 0.778. The fourth-order valence-corrected chi connectivity index (χ4v) is 2.07. The molecule has 1 fully saturated rings. The normalized spacial score (nSPS) is 47.2.